The van der Waals surface area contributed by atoms with Crippen LogP contribution in [0.25, 0.3) is 0 Å². The summed E-state index contributed by atoms with van der Waals surface area (Å²) >= 11 is 2.04. The van der Waals surface area contributed by atoms with Crippen LogP contribution in [0.15, 0.2) is 42.5 Å². The van der Waals surface area contributed by atoms with E-state index in [9.17, 15) is 4.79 Å². The molecule has 0 aliphatic carbocycles. The van der Waals surface area contributed by atoms with E-state index in [0.29, 0.717) is 18.1 Å². The Kier molecular flexibility index (Phi) is 8.94. The van der Waals surface area contributed by atoms with Crippen LogP contribution in [0.2, 0.25) is 0 Å². The number of carboxylic acid groups (broad SMARTS) is 1. The SMILES string of the molecule is O=C(O)CCCC=CC[C@@H]1[C@H](CCCCSCc2ccccc2)[C@@H]2CC[C@H]1O2. The smallest absolute Gasteiger partial charge is 0.303 e. The summed E-state index contributed by atoms with van der Waals surface area (Å²) in [6.07, 6.45) is 14.8. The first kappa shape index (κ1) is 21.4. The molecular formula is C24H34O3S. The fourth-order valence-electron chi connectivity index (χ4n) is 4.69. The normalized spacial score (nSPS) is 26.3. The lowest BCUT2D eigenvalue weighted by atomic mass is 9.75. The first-order valence-corrected chi connectivity index (χ1v) is 12.0. The van der Waals surface area contributed by atoms with Crippen molar-refractivity contribution in [3.8, 4) is 0 Å². The van der Waals surface area contributed by atoms with Gasteiger partial charge in [-0.05, 0) is 68.1 Å². The predicted molar refractivity (Wildman–Crippen MR) is 117 cm³/mol. The Hall–Kier alpha value is -1.26. The molecule has 4 heteroatoms. The van der Waals surface area contributed by atoms with Gasteiger partial charge in [0.2, 0.25) is 0 Å². The van der Waals surface area contributed by atoms with Crippen LogP contribution in [0.1, 0.15) is 63.4 Å². The van der Waals surface area contributed by atoms with Crippen LogP contribution in [-0.2, 0) is 15.3 Å². The number of benzene rings is 1. The number of carbonyl (C=O) groups is 1. The van der Waals surface area contributed by atoms with Gasteiger partial charge in [0, 0.05) is 12.2 Å². The average Bonchev–Trinajstić information content (AvgIpc) is 3.30. The second-order valence-corrected chi connectivity index (χ2v) is 9.25. The Bertz CT molecular complexity index is 616. The lowest BCUT2D eigenvalue weighted by Crippen LogP contribution is -2.26. The fourth-order valence-corrected chi connectivity index (χ4v) is 5.67. The second kappa shape index (κ2) is 11.7. The van der Waals surface area contributed by atoms with Crippen molar-refractivity contribution in [2.75, 3.05) is 5.75 Å². The van der Waals surface area contributed by atoms with Gasteiger partial charge in [0.15, 0.2) is 0 Å². The van der Waals surface area contributed by atoms with Crippen LogP contribution < -0.4 is 0 Å². The summed E-state index contributed by atoms with van der Waals surface area (Å²) in [4.78, 5) is 10.6. The Balaban J connectivity index is 1.31. The molecule has 0 unspecified atom stereocenters. The Morgan fingerprint density at radius 1 is 1.07 bits per heavy atom. The molecule has 1 aromatic rings. The van der Waals surface area contributed by atoms with E-state index in [1.165, 1.54) is 43.4 Å². The van der Waals surface area contributed by atoms with E-state index >= 15 is 0 Å². The van der Waals surface area contributed by atoms with Crippen molar-refractivity contribution in [2.24, 2.45) is 11.8 Å². The average molecular weight is 403 g/mol. The maximum atomic E-state index is 10.6. The van der Waals surface area contributed by atoms with Gasteiger partial charge in [-0.1, -0.05) is 48.9 Å². The maximum absolute atomic E-state index is 10.6. The number of unbranched alkanes of at least 4 members (excludes halogenated alkanes) is 2. The molecule has 2 heterocycles. The highest BCUT2D eigenvalue weighted by molar-refractivity contribution is 7.98. The van der Waals surface area contributed by atoms with E-state index in [1.54, 1.807) is 0 Å². The first-order valence-electron chi connectivity index (χ1n) is 10.9. The molecule has 0 radical (unpaired) electrons. The highest BCUT2D eigenvalue weighted by Crippen LogP contribution is 2.47. The van der Waals surface area contributed by atoms with E-state index in [2.05, 4.69) is 42.5 Å². The van der Waals surface area contributed by atoms with E-state index in [1.807, 2.05) is 11.8 Å². The van der Waals surface area contributed by atoms with Gasteiger partial charge in [-0.15, -0.1) is 0 Å². The van der Waals surface area contributed by atoms with Gasteiger partial charge >= 0.3 is 5.97 Å². The summed E-state index contributed by atoms with van der Waals surface area (Å²) in [5.41, 5.74) is 1.42. The van der Waals surface area contributed by atoms with Crippen LogP contribution in [0.4, 0.5) is 0 Å². The Morgan fingerprint density at radius 3 is 2.64 bits per heavy atom. The predicted octanol–water partition coefficient (Wildman–Crippen LogP) is 6.08. The van der Waals surface area contributed by atoms with Crippen molar-refractivity contribution in [1.82, 2.24) is 0 Å². The minimum Gasteiger partial charge on any atom is -0.481 e. The first-order chi connectivity index (χ1) is 13.7. The summed E-state index contributed by atoms with van der Waals surface area (Å²) in [6.45, 7) is 0. The summed E-state index contributed by atoms with van der Waals surface area (Å²) in [5.74, 6) is 3.06. The van der Waals surface area contributed by atoms with Crippen LogP contribution in [-0.4, -0.2) is 29.0 Å². The Morgan fingerprint density at radius 2 is 1.86 bits per heavy atom. The zero-order valence-corrected chi connectivity index (χ0v) is 17.6. The number of allylic oxidation sites excluding steroid dienone is 2. The lowest BCUT2D eigenvalue weighted by Gasteiger charge is -2.27. The monoisotopic (exact) mass is 402 g/mol. The number of carboxylic acids is 1. The molecule has 28 heavy (non-hydrogen) atoms. The van der Waals surface area contributed by atoms with Crippen molar-refractivity contribution in [1.29, 1.82) is 0 Å². The lowest BCUT2D eigenvalue weighted by molar-refractivity contribution is -0.137. The number of hydrogen-bond donors (Lipinski definition) is 1. The highest BCUT2D eigenvalue weighted by atomic mass is 32.2. The molecule has 2 saturated heterocycles. The van der Waals surface area contributed by atoms with Crippen molar-refractivity contribution >= 4 is 17.7 Å². The zero-order chi connectivity index (χ0) is 19.6. The molecular weight excluding hydrogens is 368 g/mol. The van der Waals surface area contributed by atoms with Gasteiger partial charge in [0.05, 0.1) is 12.2 Å². The number of thioether (sulfide) groups is 1. The number of ether oxygens (including phenoxy) is 1. The number of fused-ring (bicyclic) bond motifs is 2. The number of aliphatic carboxylic acids is 1. The van der Waals surface area contributed by atoms with Crippen molar-refractivity contribution < 1.29 is 14.6 Å². The van der Waals surface area contributed by atoms with Crippen LogP contribution in [0.5, 0.6) is 0 Å². The van der Waals surface area contributed by atoms with Crippen LogP contribution >= 0.6 is 11.8 Å². The molecule has 1 N–H and O–H groups in total. The number of rotatable bonds is 13. The summed E-state index contributed by atoms with van der Waals surface area (Å²) < 4.78 is 6.23. The summed E-state index contributed by atoms with van der Waals surface area (Å²) in [7, 11) is 0. The maximum Gasteiger partial charge on any atom is 0.303 e. The van der Waals surface area contributed by atoms with E-state index in [4.69, 9.17) is 9.84 Å². The van der Waals surface area contributed by atoms with Gasteiger partial charge < -0.3 is 9.84 Å². The highest BCUT2D eigenvalue weighted by Gasteiger charge is 2.47. The largest absolute Gasteiger partial charge is 0.481 e. The molecule has 3 nitrogen and oxygen atoms in total. The van der Waals surface area contributed by atoms with Crippen molar-refractivity contribution in [3.05, 3.63) is 48.0 Å². The second-order valence-electron chi connectivity index (χ2n) is 8.15. The van der Waals surface area contributed by atoms with Gasteiger partial charge in [-0.25, -0.2) is 0 Å². The zero-order valence-electron chi connectivity index (χ0n) is 16.8. The minimum atomic E-state index is -0.697. The third-order valence-electron chi connectivity index (χ3n) is 6.11. The minimum absolute atomic E-state index is 0.270. The molecule has 154 valence electrons. The molecule has 0 aromatic heterocycles. The molecule has 4 atom stereocenters. The molecule has 0 amide bonds. The van der Waals surface area contributed by atoms with Gasteiger partial charge in [-0.3, -0.25) is 4.79 Å². The van der Waals surface area contributed by atoms with Gasteiger partial charge in [0.1, 0.15) is 0 Å². The van der Waals surface area contributed by atoms with Crippen LogP contribution in [0, 0.1) is 11.8 Å². The molecule has 2 aliphatic heterocycles. The number of hydrogen-bond acceptors (Lipinski definition) is 3. The molecule has 3 rings (SSSR count). The van der Waals surface area contributed by atoms with E-state index in [0.717, 1.165) is 30.9 Å². The third kappa shape index (κ3) is 6.66. The van der Waals surface area contributed by atoms with E-state index < -0.39 is 5.97 Å². The molecule has 2 fully saturated rings. The van der Waals surface area contributed by atoms with Crippen molar-refractivity contribution in [2.45, 2.75) is 75.7 Å². The topological polar surface area (TPSA) is 46.5 Å². The summed E-state index contributed by atoms with van der Waals surface area (Å²) in [6, 6.07) is 10.7. The third-order valence-corrected chi connectivity index (χ3v) is 7.23. The molecule has 2 bridgehead atoms. The van der Waals surface area contributed by atoms with E-state index in [-0.39, 0.29) is 6.42 Å². The van der Waals surface area contributed by atoms with Gasteiger partial charge in [-0.2, -0.15) is 11.8 Å². The molecule has 2 aliphatic rings. The standard InChI is InChI=1S/C24H34O3S/c25-24(26)14-7-2-1-6-12-20-21(23-16-15-22(20)27-23)13-8-9-17-28-18-19-10-4-3-5-11-19/h1,3-6,10-11,20-23H,2,7-9,12-18H2,(H,25,26)/t20-,21+,22-,23+/m1/s1. The van der Waals surface area contributed by atoms with Crippen molar-refractivity contribution in [3.63, 3.8) is 0 Å². The summed E-state index contributed by atoms with van der Waals surface area (Å²) in [5, 5.41) is 8.70. The molecule has 0 spiro atoms. The molecule has 0 saturated carbocycles. The quantitative estimate of drug-likeness (QED) is 0.320. The molecule has 1 aromatic carbocycles. The van der Waals surface area contributed by atoms with Crippen LogP contribution in [0.3, 0.4) is 0 Å². The fraction of sp³-hybridized carbons (Fsp3) is 0.625. The Labute approximate surface area is 173 Å². The van der Waals surface area contributed by atoms with Gasteiger partial charge in [0.25, 0.3) is 0 Å².